The highest BCUT2D eigenvalue weighted by molar-refractivity contribution is 5.93. The van der Waals surface area contributed by atoms with Gasteiger partial charge in [0.1, 0.15) is 5.56 Å². The number of hydrogen-bond donors (Lipinski definition) is 3. The van der Waals surface area contributed by atoms with Gasteiger partial charge in [0.15, 0.2) is 5.75 Å². The monoisotopic (exact) mass is 193 g/mol. The smallest absolute Gasteiger partial charge is 0.339 e. The highest BCUT2D eigenvalue weighted by atomic mass is 16.4. The van der Waals surface area contributed by atoms with E-state index >= 15 is 0 Å². The van der Waals surface area contributed by atoms with E-state index in [1.54, 1.807) is 18.2 Å². The molecule has 4 nitrogen and oxygen atoms in total. The third-order valence-electron chi connectivity index (χ3n) is 1.70. The van der Waals surface area contributed by atoms with E-state index < -0.39 is 5.97 Å². The molecular formula is C10H11NO3. The van der Waals surface area contributed by atoms with Crippen LogP contribution in [0.1, 0.15) is 10.4 Å². The molecule has 14 heavy (non-hydrogen) atoms. The van der Waals surface area contributed by atoms with Gasteiger partial charge in [-0.05, 0) is 12.1 Å². The zero-order valence-corrected chi connectivity index (χ0v) is 7.53. The van der Waals surface area contributed by atoms with Gasteiger partial charge in [-0.15, -0.1) is 6.58 Å². The maximum absolute atomic E-state index is 10.6. The fourth-order valence-corrected chi connectivity index (χ4v) is 1.04. The molecule has 0 saturated carbocycles. The molecule has 1 aromatic carbocycles. The average Bonchev–Trinajstić information content (AvgIpc) is 2.16. The quantitative estimate of drug-likeness (QED) is 0.502. The molecule has 1 rings (SSSR count). The number of nitrogens with one attached hydrogen (secondary N) is 1. The summed E-state index contributed by atoms with van der Waals surface area (Å²) in [5.41, 5.74) is 0.281. The van der Waals surface area contributed by atoms with Gasteiger partial charge in [-0.3, -0.25) is 0 Å². The zero-order chi connectivity index (χ0) is 10.6. The summed E-state index contributed by atoms with van der Waals surface area (Å²) < 4.78 is 0. The number of aromatic carboxylic acids is 1. The van der Waals surface area contributed by atoms with Crippen LogP contribution in [0.3, 0.4) is 0 Å². The molecule has 0 aliphatic heterocycles. The summed E-state index contributed by atoms with van der Waals surface area (Å²) in [6.45, 7) is 3.97. The van der Waals surface area contributed by atoms with Gasteiger partial charge in [0.05, 0.1) is 5.69 Å². The maximum Gasteiger partial charge on any atom is 0.339 e. The van der Waals surface area contributed by atoms with Crippen LogP contribution in [0.4, 0.5) is 5.69 Å². The summed E-state index contributed by atoms with van der Waals surface area (Å²) in [4.78, 5) is 10.6. The Morgan fingerprint density at radius 1 is 1.57 bits per heavy atom. The van der Waals surface area contributed by atoms with Crippen molar-refractivity contribution in [1.29, 1.82) is 0 Å². The molecule has 0 aliphatic carbocycles. The van der Waals surface area contributed by atoms with E-state index in [9.17, 15) is 9.90 Å². The normalized spacial score (nSPS) is 9.43. The number of para-hydroxylation sites is 1. The van der Waals surface area contributed by atoms with Crippen LogP contribution in [0.25, 0.3) is 0 Å². The van der Waals surface area contributed by atoms with Crippen molar-refractivity contribution < 1.29 is 15.0 Å². The molecule has 3 N–H and O–H groups in total. The Balaban J connectivity index is 3.01. The molecule has 0 atom stereocenters. The SMILES string of the molecule is C=CCNc1cccc(C(=O)O)c1O. The fourth-order valence-electron chi connectivity index (χ4n) is 1.04. The Morgan fingerprint density at radius 3 is 2.86 bits per heavy atom. The minimum Gasteiger partial charge on any atom is -0.505 e. The average molecular weight is 193 g/mol. The standard InChI is InChI=1S/C10H11NO3/c1-2-6-11-8-5-3-4-7(9(8)12)10(13)14/h2-5,11-12H,1,6H2,(H,13,14). The fraction of sp³-hybridized carbons (Fsp3) is 0.100. The number of aromatic hydroxyl groups is 1. The van der Waals surface area contributed by atoms with E-state index in [1.165, 1.54) is 6.07 Å². The van der Waals surface area contributed by atoms with E-state index in [0.717, 1.165) is 0 Å². The summed E-state index contributed by atoms with van der Waals surface area (Å²) >= 11 is 0. The van der Waals surface area contributed by atoms with E-state index in [1.807, 2.05) is 0 Å². The summed E-state index contributed by atoms with van der Waals surface area (Å²) in [7, 11) is 0. The first-order chi connectivity index (χ1) is 6.66. The first-order valence-electron chi connectivity index (χ1n) is 4.07. The van der Waals surface area contributed by atoms with E-state index in [0.29, 0.717) is 12.2 Å². The lowest BCUT2D eigenvalue weighted by atomic mass is 10.1. The van der Waals surface area contributed by atoms with Crippen molar-refractivity contribution in [3.8, 4) is 5.75 Å². The Bertz CT molecular complexity index is 360. The highest BCUT2D eigenvalue weighted by Gasteiger charge is 2.11. The van der Waals surface area contributed by atoms with Crippen LogP contribution in [0.15, 0.2) is 30.9 Å². The van der Waals surface area contributed by atoms with Crippen molar-refractivity contribution in [3.63, 3.8) is 0 Å². The predicted molar refractivity (Wildman–Crippen MR) is 53.8 cm³/mol. The molecule has 74 valence electrons. The molecule has 0 unspecified atom stereocenters. The number of hydrogen-bond acceptors (Lipinski definition) is 3. The number of phenols is 1. The molecule has 0 bridgehead atoms. The van der Waals surface area contributed by atoms with Gasteiger partial charge in [0.25, 0.3) is 0 Å². The number of carboxylic acids is 1. The van der Waals surface area contributed by atoms with Gasteiger partial charge in [0.2, 0.25) is 0 Å². The van der Waals surface area contributed by atoms with Crippen LogP contribution in [0, 0.1) is 0 Å². The first-order valence-corrected chi connectivity index (χ1v) is 4.07. The number of anilines is 1. The number of carbonyl (C=O) groups is 1. The summed E-state index contributed by atoms with van der Waals surface area (Å²) in [5, 5.41) is 21.0. The molecule has 0 spiro atoms. The van der Waals surface area contributed by atoms with Crippen LogP contribution in [0.2, 0.25) is 0 Å². The molecular weight excluding hydrogens is 182 g/mol. The number of carboxylic acid groups (broad SMARTS) is 1. The molecule has 4 heteroatoms. The molecule has 1 aromatic rings. The van der Waals surface area contributed by atoms with Crippen molar-refractivity contribution in [2.75, 3.05) is 11.9 Å². The van der Waals surface area contributed by atoms with Gasteiger partial charge in [0, 0.05) is 6.54 Å². The summed E-state index contributed by atoms with van der Waals surface area (Å²) in [6, 6.07) is 4.51. The highest BCUT2D eigenvalue weighted by Crippen LogP contribution is 2.26. The van der Waals surface area contributed by atoms with E-state index in [2.05, 4.69) is 11.9 Å². The minimum atomic E-state index is -1.15. The van der Waals surface area contributed by atoms with Crippen LogP contribution >= 0.6 is 0 Å². The molecule has 0 heterocycles. The third-order valence-corrected chi connectivity index (χ3v) is 1.70. The van der Waals surface area contributed by atoms with Crippen LogP contribution in [-0.2, 0) is 0 Å². The molecule has 0 amide bonds. The summed E-state index contributed by atoms with van der Waals surface area (Å²) in [6.07, 6.45) is 1.62. The largest absolute Gasteiger partial charge is 0.505 e. The van der Waals surface area contributed by atoms with Crippen molar-refractivity contribution >= 4 is 11.7 Å². The van der Waals surface area contributed by atoms with Crippen LogP contribution in [-0.4, -0.2) is 22.7 Å². The molecule has 0 saturated heterocycles. The van der Waals surface area contributed by atoms with E-state index in [4.69, 9.17) is 5.11 Å². The number of rotatable bonds is 4. The topological polar surface area (TPSA) is 69.6 Å². The van der Waals surface area contributed by atoms with Crippen LogP contribution in [0.5, 0.6) is 5.75 Å². The number of benzene rings is 1. The second-order valence-electron chi connectivity index (χ2n) is 2.68. The predicted octanol–water partition coefficient (Wildman–Crippen LogP) is 1.69. The van der Waals surface area contributed by atoms with Gasteiger partial charge >= 0.3 is 5.97 Å². The lowest BCUT2D eigenvalue weighted by molar-refractivity contribution is 0.0694. The lowest BCUT2D eigenvalue weighted by Gasteiger charge is -2.07. The second-order valence-corrected chi connectivity index (χ2v) is 2.68. The van der Waals surface area contributed by atoms with Crippen molar-refractivity contribution in [2.24, 2.45) is 0 Å². The van der Waals surface area contributed by atoms with Crippen molar-refractivity contribution in [1.82, 2.24) is 0 Å². The zero-order valence-electron chi connectivity index (χ0n) is 7.53. The van der Waals surface area contributed by atoms with Crippen LogP contribution < -0.4 is 5.32 Å². The van der Waals surface area contributed by atoms with Gasteiger partial charge in [-0.2, -0.15) is 0 Å². The Labute approximate surface area is 81.5 Å². The Kier molecular flexibility index (Phi) is 3.12. The minimum absolute atomic E-state index is 0.112. The van der Waals surface area contributed by atoms with Crippen molar-refractivity contribution in [3.05, 3.63) is 36.4 Å². The molecule has 0 radical (unpaired) electrons. The Hall–Kier alpha value is -1.97. The van der Waals surface area contributed by atoms with Crippen molar-refractivity contribution in [2.45, 2.75) is 0 Å². The lowest BCUT2D eigenvalue weighted by Crippen LogP contribution is -2.02. The molecule has 0 fully saturated rings. The van der Waals surface area contributed by atoms with Gasteiger partial charge in [-0.1, -0.05) is 12.1 Å². The Morgan fingerprint density at radius 2 is 2.29 bits per heavy atom. The van der Waals surface area contributed by atoms with E-state index in [-0.39, 0.29) is 11.3 Å². The maximum atomic E-state index is 10.6. The van der Waals surface area contributed by atoms with Gasteiger partial charge in [-0.25, -0.2) is 4.79 Å². The molecule has 0 aliphatic rings. The third kappa shape index (κ3) is 2.04. The second kappa shape index (κ2) is 4.32. The molecule has 0 aromatic heterocycles. The first kappa shape index (κ1) is 10.1. The summed E-state index contributed by atoms with van der Waals surface area (Å²) in [5.74, 6) is -1.40. The van der Waals surface area contributed by atoms with Gasteiger partial charge < -0.3 is 15.5 Å².